The quantitative estimate of drug-likeness (QED) is 0.553. The second kappa shape index (κ2) is 8.12. The molecule has 0 spiro atoms. The molecule has 4 N–H and O–H groups in total. The first-order chi connectivity index (χ1) is 11.5. The van der Waals surface area contributed by atoms with Gasteiger partial charge >= 0.3 is 5.97 Å². The lowest BCUT2D eigenvalue weighted by Crippen LogP contribution is -2.34. The Balaban J connectivity index is 2.16. The first-order valence-corrected chi connectivity index (χ1v) is 7.53. The number of nitrogens with one attached hydrogen (secondary N) is 1. The van der Waals surface area contributed by atoms with Crippen molar-refractivity contribution < 1.29 is 19.4 Å². The van der Waals surface area contributed by atoms with E-state index in [-0.39, 0.29) is 30.2 Å². The minimum atomic E-state index is -0.375. The first-order valence-electron chi connectivity index (χ1n) is 7.53. The van der Waals surface area contributed by atoms with E-state index in [9.17, 15) is 14.7 Å². The normalized spacial score (nSPS) is 11.6. The number of nitrogens with two attached hydrogens (primary N) is 1. The number of phenolic OH excluding ortho intramolecular Hbond substituents is 1. The van der Waals surface area contributed by atoms with E-state index >= 15 is 0 Å². The molecular weight excluding hydrogens is 308 g/mol. The maximum Gasteiger partial charge on any atom is 0.308 e. The molecule has 1 amide bonds. The van der Waals surface area contributed by atoms with Crippen molar-refractivity contribution in [3.8, 4) is 11.5 Å². The van der Waals surface area contributed by atoms with E-state index in [0.29, 0.717) is 12.2 Å². The van der Waals surface area contributed by atoms with Crippen molar-refractivity contribution in [2.24, 2.45) is 5.73 Å². The second-order valence-electron chi connectivity index (χ2n) is 5.36. The van der Waals surface area contributed by atoms with Crippen LogP contribution in [0.1, 0.15) is 24.1 Å². The molecule has 1 atom stereocenters. The molecule has 0 heterocycles. The molecule has 0 aliphatic carbocycles. The predicted molar refractivity (Wildman–Crippen MR) is 89.5 cm³/mol. The fourth-order valence-corrected chi connectivity index (χ4v) is 2.31. The van der Waals surface area contributed by atoms with Gasteiger partial charge in [-0.05, 0) is 41.8 Å². The smallest absolute Gasteiger partial charge is 0.308 e. The lowest BCUT2D eigenvalue weighted by molar-refractivity contribution is -0.131. The molecule has 2 aromatic carbocycles. The summed E-state index contributed by atoms with van der Waals surface area (Å²) < 4.78 is 5.00. The van der Waals surface area contributed by atoms with Gasteiger partial charge in [0.15, 0.2) is 0 Å². The first kappa shape index (κ1) is 17.5. The summed E-state index contributed by atoms with van der Waals surface area (Å²) in [7, 11) is 0. The van der Waals surface area contributed by atoms with E-state index in [4.69, 9.17) is 10.5 Å². The van der Waals surface area contributed by atoms with E-state index in [1.807, 2.05) is 12.1 Å². The van der Waals surface area contributed by atoms with E-state index in [0.717, 1.165) is 11.1 Å². The fraction of sp³-hybridized carbons (Fsp3) is 0.222. The minimum Gasteiger partial charge on any atom is -0.508 e. The van der Waals surface area contributed by atoms with Crippen LogP contribution < -0.4 is 15.8 Å². The summed E-state index contributed by atoms with van der Waals surface area (Å²) >= 11 is 0. The number of aromatic hydroxyl groups is 1. The lowest BCUT2D eigenvalue weighted by atomic mass is 9.98. The molecule has 1 unspecified atom stereocenters. The van der Waals surface area contributed by atoms with Crippen molar-refractivity contribution in [1.29, 1.82) is 0 Å². The Kier molecular flexibility index (Phi) is 5.92. The highest BCUT2D eigenvalue weighted by Crippen LogP contribution is 2.22. The maximum absolute atomic E-state index is 11.7. The van der Waals surface area contributed by atoms with Crippen LogP contribution in [0, 0.1) is 0 Å². The van der Waals surface area contributed by atoms with Crippen molar-refractivity contribution in [1.82, 2.24) is 5.32 Å². The average Bonchev–Trinajstić information content (AvgIpc) is 2.56. The van der Waals surface area contributed by atoms with Crippen LogP contribution >= 0.6 is 0 Å². The van der Waals surface area contributed by atoms with Crippen molar-refractivity contribution >= 4 is 11.9 Å². The van der Waals surface area contributed by atoms with Gasteiger partial charge in [-0.1, -0.05) is 24.3 Å². The Morgan fingerprint density at radius 3 is 2.29 bits per heavy atom. The summed E-state index contributed by atoms with van der Waals surface area (Å²) in [6.45, 7) is 1.25. The Morgan fingerprint density at radius 2 is 1.75 bits per heavy atom. The van der Waals surface area contributed by atoms with Gasteiger partial charge in [0, 0.05) is 6.92 Å². The van der Waals surface area contributed by atoms with Gasteiger partial charge < -0.3 is 20.9 Å². The summed E-state index contributed by atoms with van der Waals surface area (Å²) in [6.07, 6.45) is 0.539. The summed E-state index contributed by atoms with van der Waals surface area (Å²) in [5, 5.41) is 12.3. The molecule has 6 heteroatoms. The molecule has 0 saturated heterocycles. The number of esters is 1. The van der Waals surface area contributed by atoms with Gasteiger partial charge in [-0.25, -0.2) is 0 Å². The molecule has 0 aromatic heterocycles. The van der Waals surface area contributed by atoms with Crippen molar-refractivity contribution in [2.45, 2.75) is 19.4 Å². The third kappa shape index (κ3) is 5.10. The zero-order valence-electron chi connectivity index (χ0n) is 13.4. The van der Waals surface area contributed by atoms with Crippen LogP contribution in [0.25, 0.3) is 0 Å². The molecular formula is C18H20N2O4. The molecule has 0 fully saturated rings. The number of ether oxygens (including phenoxy) is 1. The maximum atomic E-state index is 11.7. The van der Waals surface area contributed by atoms with Gasteiger partial charge in [0.25, 0.3) is 0 Å². The van der Waals surface area contributed by atoms with Gasteiger partial charge in [0.05, 0.1) is 12.6 Å². The molecule has 0 saturated carbocycles. The SMILES string of the molecule is CC(=O)Oc1ccc(CC(NC(=O)CN)c2ccc(O)cc2)cc1. The molecule has 6 nitrogen and oxygen atoms in total. The lowest BCUT2D eigenvalue weighted by Gasteiger charge is -2.19. The van der Waals surface area contributed by atoms with E-state index in [1.54, 1.807) is 36.4 Å². The van der Waals surface area contributed by atoms with Crippen molar-refractivity contribution in [2.75, 3.05) is 6.54 Å². The topological polar surface area (TPSA) is 102 Å². The molecule has 0 radical (unpaired) electrons. The van der Waals surface area contributed by atoms with Crippen LogP contribution in [0.5, 0.6) is 11.5 Å². The molecule has 24 heavy (non-hydrogen) atoms. The van der Waals surface area contributed by atoms with Gasteiger partial charge in [-0.2, -0.15) is 0 Å². The Hall–Kier alpha value is -2.86. The van der Waals surface area contributed by atoms with E-state index in [2.05, 4.69) is 5.32 Å². The molecule has 2 aromatic rings. The summed E-state index contributed by atoms with van der Waals surface area (Å²) in [6, 6.07) is 13.4. The third-order valence-corrected chi connectivity index (χ3v) is 3.44. The standard InChI is InChI=1S/C18H20N2O4/c1-12(21)24-16-8-2-13(3-9-16)10-17(20-18(23)11-19)14-4-6-15(22)7-5-14/h2-9,17,22H,10-11,19H2,1H3,(H,20,23). The van der Waals surface area contributed by atoms with Crippen LogP contribution in [0.15, 0.2) is 48.5 Å². The number of phenols is 1. The highest BCUT2D eigenvalue weighted by molar-refractivity contribution is 5.78. The third-order valence-electron chi connectivity index (χ3n) is 3.44. The predicted octanol–water partition coefficient (Wildman–Crippen LogP) is 1.68. The van der Waals surface area contributed by atoms with E-state index in [1.165, 1.54) is 6.92 Å². The van der Waals surface area contributed by atoms with Crippen LogP contribution in [0.4, 0.5) is 0 Å². The summed E-state index contributed by atoms with van der Waals surface area (Å²) in [5.74, 6) is -0.00338. The Bertz CT molecular complexity index is 696. The highest BCUT2D eigenvalue weighted by Gasteiger charge is 2.15. The van der Waals surface area contributed by atoms with Gasteiger partial charge in [-0.3, -0.25) is 9.59 Å². The molecule has 0 bridgehead atoms. The molecule has 126 valence electrons. The highest BCUT2D eigenvalue weighted by atomic mass is 16.5. The molecule has 0 aliphatic heterocycles. The number of amides is 1. The van der Waals surface area contributed by atoms with Gasteiger partial charge in [0.2, 0.25) is 5.91 Å². The number of hydrogen-bond acceptors (Lipinski definition) is 5. The van der Waals surface area contributed by atoms with Crippen molar-refractivity contribution in [3.05, 3.63) is 59.7 Å². The van der Waals surface area contributed by atoms with Crippen LogP contribution in [-0.4, -0.2) is 23.5 Å². The largest absolute Gasteiger partial charge is 0.508 e. The molecule has 0 aliphatic rings. The fourth-order valence-electron chi connectivity index (χ4n) is 2.31. The monoisotopic (exact) mass is 328 g/mol. The number of carbonyl (C=O) groups excluding carboxylic acids is 2. The average molecular weight is 328 g/mol. The number of carbonyl (C=O) groups is 2. The minimum absolute atomic E-state index is 0.0972. The number of rotatable bonds is 6. The zero-order chi connectivity index (χ0) is 17.5. The van der Waals surface area contributed by atoms with Crippen LogP contribution in [-0.2, 0) is 16.0 Å². The van der Waals surface area contributed by atoms with Gasteiger partial charge in [-0.15, -0.1) is 0 Å². The summed E-state index contributed by atoms with van der Waals surface area (Å²) in [5.41, 5.74) is 7.20. The van der Waals surface area contributed by atoms with E-state index < -0.39 is 0 Å². The summed E-state index contributed by atoms with van der Waals surface area (Å²) in [4.78, 5) is 22.6. The Morgan fingerprint density at radius 1 is 1.12 bits per heavy atom. The van der Waals surface area contributed by atoms with Gasteiger partial charge in [0.1, 0.15) is 11.5 Å². The van der Waals surface area contributed by atoms with Crippen LogP contribution in [0.3, 0.4) is 0 Å². The van der Waals surface area contributed by atoms with Crippen molar-refractivity contribution in [3.63, 3.8) is 0 Å². The second-order valence-corrected chi connectivity index (χ2v) is 5.36. The Labute approximate surface area is 140 Å². The number of hydrogen-bond donors (Lipinski definition) is 3. The number of benzene rings is 2. The van der Waals surface area contributed by atoms with Crippen LogP contribution in [0.2, 0.25) is 0 Å². The zero-order valence-corrected chi connectivity index (χ0v) is 13.4. The molecule has 2 rings (SSSR count).